The molecule has 0 aliphatic carbocycles. The summed E-state index contributed by atoms with van der Waals surface area (Å²) < 4.78 is 62.8. The number of benzene rings is 2. The van der Waals surface area contributed by atoms with Gasteiger partial charge in [-0.05, 0) is 31.5 Å². The normalized spacial score (nSPS) is 12.1. The number of alkyl halides is 3. The van der Waals surface area contributed by atoms with Crippen LogP contribution in [0, 0.1) is 6.92 Å². The van der Waals surface area contributed by atoms with Crippen molar-refractivity contribution in [2.24, 2.45) is 5.16 Å². The van der Waals surface area contributed by atoms with E-state index in [9.17, 15) is 21.6 Å². The minimum absolute atomic E-state index is 0.0294. The Morgan fingerprint density at radius 3 is 2.39 bits per heavy atom. The van der Waals surface area contributed by atoms with Gasteiger partial charge < -0.3 is 4.84 Å². The molecule has 0 amide bonds. The summed E-state index contributed by atoms with van der Waals surface area (Å²) in [6.07, 6.45) is 0.271. The van der Waals surface area contributed by atoms with Crippen molar-refractivity contribution >= 4 is 44.6 Å². The van der Waals surface area contributed by atoms with Crippen molar-refractivity contribution in [1.82, 2.24) is 0 Å². The summed E-state index contributed by atoms with van der Waals surface area (Å²) in [5.74, 6) is 0. The summed E-state index contributed by atoms with van der Waals surface area (Å²) in [7, 11) is -5.58. The highest BCUT2D eigenvalue weighted by Gasteiger charge is 2.46. The number of nitrogens with zero attached hydrogens (tertiary/aromatic N) is 1. The zero-order valence-corrected chi connectivity index (χ0v) is 19.7. The van der Waals surface area contributed by atoms with Gasteiger partial charge in [0.15, 0.2) is 0 Å². The van der Waals surface area contributed by atoms with Gasteiger partial charge in [-0.3, -0.25) is 4.72 Å². The first-order valence-electron chi connectivity index (χ1n) is 9.28. The van der Waals surface area contributed by atoms with Gasteiger partial charge in [0.25, 0.3) is 0 Å². The number of oxime groups is 1. The van der Waals surface area contributed by atoms with Crippen LogP contribution in [0.15, 0.2) is 41.6 Å². The predicted molar refractivity (Wildman–Crippen MR) is 119 cm³/mol. The molecule has 0 spiro atoms. The lowest BCUT2D eigenvalue weighted by atomic mass is 10.0. The Labute approximate surface area is 190 Å². The monoisotopic (exact) mass is 498 g/mol. The largest absolute Gasteiger partial charge is 0.516 e. The Balaban J connectivity index is 0.00000233. The quantitative estimate of drug-likeness (QED) is 0.332. The van der Waals surface area contributed by atoms with E-state index >= 15 is 0 Å². The number of hydrogen-bond acceptors (Lipinski definition) is 4. The smallest absolute Gasteiger partial charge is 0.391 e. The van der Waals surface area contributed by atoms with E-state index in [1.165, 1.54) is 18.2 Å². The summed E-state index contributed by atoms with van der Waals surface area (Å²) in [4.78, 5) is 5.30. The molecular weight excluding hydrogens is 476 g/mol. The molecule has 0 saturated heterocycles. The van der Waals surface area contributed by atoms with Crippen molar-refractivity contribution in [1.29, 1.82) is 0 Å². The Morgan fingerprint density at radius 2 is 1.81 bits per heavy atom. The molecule has 172 valence electrons. The first kappa shape index (κ1) is 27.1. The molecule has 0 aliphatic rings. The van der Waals surface area contributed by atoms with Gasteiger partial charge in [-0.15, -0.1) is 0 Å². The average Bonchev–Trinajstić information content (AvgIpc) is 2.70. The second-order valence-corrected chi connectivity index (χ2v) is 8.44. The Morgan fingerprint density at radius 1 is 1.16 bits per heavy atom. The van der Waals surface area contributed by atoms with Gasteiger partial charge in [-0.2, -0.15) is 21.6 Å². The van der Waals surface area contributed by atoms with E-state index < -0.39 is 15.5 Å². The van der Waals surface area contributed by atoms with Crippen molar-refractivity contribution < 1.29 is 26.4 Å². The summed E-state index contributed by atoms with van der Waals surface area (Å²) in [5.41, 5.74) is -3.99. The van der Waals surface area contributed by atoms with Crippen LogP contribution < -0.4 is 4.72 Å². The third-order valence-corrected chi connectivity index (χ3v) is 5.75. The number of rotatable bonds is 7. The number of hydrogen-bond donors (Lipinski definition) is 1. The van der Waals surface area contributed by atoms with Crippen molar-refractivity contribution in [3.63, 3.8) is 0 Å². The molecule has 2 aromatic rings. The lowest BCUT2D eigenvalue weighted by molar-refractivity contribution is -0.0429. The van der Waals surface area contributed by atoms with Crippen LogP contribution in [0.25, 0.3) is 0 Å². The van der Waals surface area contributed by atoms with Crippen molar-refractivity contribution in [3.8, 4) is 0 Å². The lowest BCUT2D eigenvalue weighted by Crippen LogP contribution is -2.30. The fraction of sp³-hybridized carbons (Fsp3) is 0.350. The molecule has 0 bridgehead atoms. The fourth-order valence-corrected chi connectivity index (χ4v) is 3.29. The molecule has 0 atom stereocenters. The highest BCUT2D eigenvalue weighted by atomic mass is 35.5. The van der Waals surface area contributed by atoms with E-state index in [0.717, 1.165) is 0 Å². The lowest BCUT2D eigenvalue weighted by Gasteiger charge is -2.15. The number of sulfonamides is 1. The van der Waals surface area contributed by atoms with Gasteiger partial charge in [0, 0.05) is 11.1 Å². The number of anilines is 1. The van der Waals surface area contributed by atoms with Crippen LogP contribution in [-0.2, 0) is 21.5 Å². The molecule has 11 heteroatoms. The minimum Gasteiger partial charge on any atom is -0.391 e. The molecule has 0 radical (unpaired) electrons. The predicted octanol–water partition coefficient (Wildman–Crippen LogP) is 6.92. The van der Waals surface area contributed by atoms with E-state index in [0.29, 0.717) is 21.2 Å². The van der Waals surface area contributed by atoms with Crippen LogP contribution in [0.2, 0.25) is 10.0 Å². The van der Waals surface area contributed by atoms with Crippen LogP contribution in [0.4, 0.5) is 18.9 Å². The van der Waals surface area contributed by atoms with Crippen LogP contribution in [0.3, 0.4) is 0 Å². The molecule has 0 aromatic heterocycles. The Hall–Kier alpha value is -1.97. The summed E-state index contributed by atoms with van der Waals surface area (Å²) >= 11 is 12.0. The minimum atomic E-state index is -5.58. The first-order chi connectivity index (χ1) is 14.5. The molecular formula is C20H23Cl2F3N2O3S. The Kier molecular flexibility index (Phi) is 10.1. The van der Waals surface area contributed by atoms with Gasteiger partial charge >= 0.3 is 15.5 Å². The van der Waals surface area contributed by atoms with Gasteiger partial charge in [0.05, 0.1) is 21.4 Å². The van der Waals surface area contributed by atoms with Crippen LogP contribution in [0.1, 0.15) is 43.9 Å². The second kappa shape index (κ2) is 11.6. The van der Waals surface area contributed by atoms with E-state index in [4.69, 9.17) is 28.0 Å². The molecule has 2 rings (SSSR count). The van der Waals surface area contributed by atoms with Gasteiger partial charge in [-0.25, -0.2) is 0 Å². The molecule has 5 nitrogen and oxygen atoms in total. The van der Waals surface area contributed by atoms with Crippen molar-refractivity contribution in [2.75, 3.05) is 4.72 Å². The van der Waals surface area contributed by atoms with Crippen molar-refractivity contribution in [2.45, 2.75) is 46.2 Å². The topological polar surface area (TPSA) is 67.8 Å². The van der Waals surface area contributed by atoms with E-state index in [2.05, 4.69) is 5.16 Å². The molecule has 0 aliphatic heterocycles. The molecule has 0 unspecified atom stereocenters. The van der Waals surface area contributed by atoms with E-state index in [1.54, 1.807) is 36.8 Å². The maximum Gasteiger partial charge on any atom is 0.516 e. The highest BCUT2D eigenvalue weighted by molar-refractivity contribution is 7.93. The van der Waals surface area contributed by atoms with Gasteiger partial charge in [0.1, 0.15) is 6.61 Å². The fourth-order valence-electron chi connectivity index (χ4n) is 2.33. The van der Waals surface area contributed by atoms with E-state index in [-0.39, 0.29) is 30.0 Å². The van der Waals surface area contributed by atoms with Crippen LogP contribution in [0.5, 0.6) is 0 Å². The molecule has 0 saturated carbocycles. The molecule has 0 fully saturated rings. The van der Waals surface area contributed by atoms with Crippen molar-refractivity contribution in [3.05, 3.63) is 63.1 Å². The van der Waals surface area contributed by atoms with Gasteiger partial charge in [0.2, 0.25) is 0 Å². The summed E-state index contributed by atoms with van der Waals surface area (Å²) in [5, 5.41) is 4.62. The number of nitrogens with one attached hydrogen (secondary N) is 1. The first-order valence-corrected chi connectivity index (χ1v) is 11.5. The summed E-state index contributed by atoms with van der Waals surface area (Å²) in [6, 6.07) is 9.23. The molecule has 0 heterocycles. The second-order valence-electron chi connectivity index (χ2n) is 5.98. The Bertz CT molecular complexity index is 1030. The number of aryl methyl sites for hydroxylation is 1. The zero-order valence-electron chi connectivity index (χ0n) is 17.3. The summed E-state index contributed by atoms with van der Waals surface area (Å²) in [6.45, 7) is 7.39. The highest BCUT2D eigenvalue weighted by Crippen LogP contribution is 2.29. The van der Waals surface area contributed by atoms with E-state index in [1.807, 2.05) is 13.8 Å². The molecule has 1 N–H and O–H groups in total. The SMILES string of the molecule is CC.CC/C(=N\OCc1cccc(Cl)c1Cl)c1cc(C)ccc1NS(=O)(=O)C(F)(F)F. The molecule has 2 aromatic carbocycles. The molecule has 31 heavy (non-hydrogen) atoms. The third kappa shape index (κ3) is 7.29. The third-order valence-electron chi connectivity index (χ3n) is 3.80. The standard InChI is InChI=1S/C18H17Cl2F3N2O3S.C2H6/c1-3-15(24-28-10-12-5-4-6-14(19)17(12)20)13-9-11(2)7-8-16(13)25-29(26,27)18(21,22)23;1-2/h4-9,25H,3,10H2,1-2H3;1-2H3/b24-15+;. The van der Waals surface area contributed by atoms with Crippen LogP contribution in [-0.4, -0.2) is 19.6 Å². The maximum absolute atomic E-state index is 12.7. The zero-order chi connectivity index (χ0) is 23.8. The van der Waals surface area contributed by atoms with Crippen LogP contribution >= 0.6 is 23.2 Å². The van der Waals surface area contributed by atoms with Gasteiger partial charge in [-0.1, -0.05) is 72.9 Å². The maximum atomic E-state index is 12.7. The number of halogens is 5. The average molecular weight is 499 g/mol.